The number of amidine groups is 1. The Kier molecular flexibility index (Phi) is 8.94. The van der Waals surface area contributed by atoms with E-state index < -0.39 is 12.3 Å². The van der Waals surface area contributed by atoms with Crippen molar-refractivity contribution in [1.29, 1.82) is 0 Å². The summed E-state index contributed by atoms with van der Waals surface area (Å²) in [5.41, 5.74) is 1.36. The number of nitrogens with one attached hydrogen (secondary N) is 3. The summed E-state index contributed by atoms with van der Waals surface area (Å²) >= 11 is 6.08. The lowest BCUT2D eigenvalue weighted by molar-refractivity contribution is -0.132. The standard InChI is InChI=1S/C23H31ClN6O5/c1-14-26-19(17-7-6-15(24)11-18(17)28-23(34)35-3)12-20(31)30(14)13-21(32)29-9-4-5-16(8-10-29)27-22(33)25-2/h6-7,11-12,16,20,31H,4-5,8-10,13H2,1-3H3,(H,28,34)(H2,25,27,33). The summed E-state index contributed by atoms with van der Waals surface area (Å²) in [5, 5.41) is 19.3. The summed E-state index contributed by atoms with van der Waals surface area (Å²) < 4.78 is 4.67. The predicted octanol–water partition coefficient (Wildman–Crippen LogP) is 2.22. The summed E-state index contributed by atoms with van der Waals surface area (Å²) in [5.74, 6) is 0.326. The zero-order valence-electron chi connectivity index (χ0n) is 20.0. The number of aliphatic imine (C=N–C) groups is 1. The molecule has 1 fully saturated rings. The number of aliphatic hydroxyl groups is 1. The quantitative estimate of drug-likeness (QED) is 0.483. The molecule has 2 aliphatic heterocycles. The second-order valence-corrected chi connectivity index (χ2v) is 8.73. The van der Waals surface area contributed by atoms with Crippen molar-refractivity contribution in [1.82, 2.24) is 20.4 Å². The SMILES string of the molecule is CNC(=O)NC1CCCN(C(=O)CN2C(C)=NC(c3ccc(Cl)cc3NC(=O)OC)=CC2O)CC1. The maximum Gasteiger partial charge on any atom is 0.411 e. The summed E-state index contributed by atoms with van der Waals surface area (Å²) in [4.78, 5) is 44.2. The summed E-state index contributed by atoms with van der Waals surface area (Å²) in [6, 6.07) is 4.68. The number of likely N-dealkylation sites (tertiary alicyclic amines) is 1. The van der Waals surface area contributed by atoms with E-state index >= 15 is 0 Å². The number of aliphatic hydroxyl groups excluding tert-OH is 1. The van der Waals surface area contributed by atoms with Gasteiger partial charge in [0.1, 0.15) is 18.6 Å². The molecule has 4 N–H and O–H groups in total. The molecule has 2 atom stereocenters. The highest BCUT2D eigenvalue weighted by molar-refractivity contribution is 6.31. The van der Waals surface area contributed by atoms with E-state index in [4.69, 9.17) is 11.6 Å². The smallest absolute Gasteiger partial charge is 0.411 e. The van der Waals surface area contributed by atoms with E-state index in [-0.39, 0.29) is 24.5 Å². The Morgan fingerprint density at radius 1 is 1.26 bits per heavy atom. The fourth-order valence-corrected chi connectivity index (χ4v) is 4.23. The molecule has 0 bridgehead atoms. The molecular formula is C23H31ClN6O5. The van der Waals surface area contributed by atoms with Gasteiger partial charge in [0.15, 0.2) is 0 Å². The van der Waals surface area contributed by atoms with Crippen molar-refractivity contribution in [3.8, 4) is 0 Å². The maximum absolute atomic E-state index is 13.0. The van der Waals surface area contributed by atoms with Crippen LogP contribution in [0.15, 0.2) is 29.3 Å². The summed E-state index contributed by atoms with van der Waals surface area (Å²) in [6.45, 7) is 2.77. The Morgan fingerprint density at radius 3 is 2.71 bits per heavy atom. The first kappa shape index (κ1) is 26.3. The van der Waals surface area contributed by atoms with Crippen molar-refractivity contribution >= 4 is 46.9 Å². The highest BCUT2D eigenvalue weighted by Gasteiger charge is 2.28. The fraction of sp³-hybridized carbons (Fsp3) is 0.478. The summed E-state index contributed by atoms with van der Waals surface area (Å²) in [6.07, 6.45) is 1.97. The topological polar surface area (TPSA) is 136 Å². The van der Waals surface area contributed by atoms with Gasteiger partial charge in [0.2, 0.25) is 5.91 Å². The molecule has 0 aliphatic carbocycles. The van der Waals surface area contributed by atoms with Crippen LogP contribution < -0.4 is 16.0 Å². The van der Waals surface area contributed by atoms with Crippen LogP contribution in [-0.4, -0.2) is 84.8 Å². The molecule has 12 heteroatoms. The van der Waals surface area contributed by atoms with Crippen molar-refractivity contribution in [3.63, 3.8) is 0 Å². The van der Waals surface area contributed by atoms with E-state index in [1.54, 1.807) is 37.1 Å². The molecule has 0 saturated carbocycles. The van der Waals surface area contributed by atoms with Crippen LogP contribution in [0.4, 0.5) is 15.3 Å². The molecule has 0 spiro atoms. The van der Waals surface area contributed by atoms with Crippen LogP contribution in [0.2, 0.25) is 5.02 Å². The molecule has 2 unspecified atom stereocenters. The van der Waals surface area contributed by atoms with Crippen molar-refractivity contribution in [2.75, 3.05) is 39.1 Å². The molecule has 3 rings (SSSR count). The van der Waals surface area contributed by atoms with Gasteiger partial charge in [-0.3, -0.25) is 10.1 Å². The Bertz CT molecular complexity index is 1030. The number of benzene rings is 1. The van der Waals surface area contributed by atoms with Gasteiger partial charge in [-0.2, -0.15) is 0 Å². The number of hydrogen-bond acceptors (Lipinski definition) is 7. The number of urea groups is 1. The van der Waals surface area contributed by atoms with E-state index in [9.17, 15) is 19.5 Å². The Morgan fingerprint density at radius 2 is 2.03 bits per heavy atom. The van der Waals surface area contributed by atoms with E-state index in [1.165, 1.54) is 18.1 Å². The zero-order chi connectivity index (χ0) is 25.5. The molecule has 11 nitrogen and oxygen atoms in total. The number of carbonyl (C=O) groups is 3. The van der Waals surface area contributed by atoms with E-state index in [2.05, 4.69) is 25.7 Å². The van der Waals surface area contributed by atoms with Crippen LogP contribution in [0.5, 0.6) is 0 Å². The van der Waals surface area contributed by atoms with Crippen LogP contribution in [-0.2, 0) is 9.53 Å². The molecule has 35 heavy (non-hydrogen) atoms. The largest absolute Gasteiger partial charge is 0.453 e. The second kappa shape index (κ2) is 11.9. The predicted molar refractivity (Wildman–Crippen MR) is 133 cm³/mol. The van der Waals surface area contributed by atoms with Crippen LogP contribution in [0.3, 0.4) is 0 Å². The van der Waals surface area contributed by atoms with Crippen LogP contribution in [0, 0.1) is 0 Å². The van der Waals surface area contributed by atoms with E-state index in [0.29, 0.717) is 47.3 Å². The normalized spacial score (nSPS) is 20.3. The molecule has 0 aromatic heterocycles. The number of methoxy groups -OCH3 is 1. The first-order chi connectivity index (χ1) is 16.7. The average Bonchev–Trinajstić information content (AvgIpc) is 3.06. The van der Waals surface area contributed by atoms with Crippen molar-refractivity contribution < 1.29 is 24.2 Å². The van der Waals surface area contributed by atoms with Crippen LogP contribution >= 0.6 is 11.6 Å². The van der Waals surface area contributed by atoms with Gasteiger partial charge in [-0.05, 0) is 50.5 Å². The third kappa shape index (κ3) is 6.86. The first-order valence-corrected chi connectivity index (χ1v) is 11.7. The van der Waals surface area contributed by atoms with Gasteiger partial charge >= 0.3 is 12.1 Å². The number of halogens is 1. The Hall–Kier alpha value is -3.31. The minimum atomic E-state index is -1.09. The molecule has 190 valence electrons. The zero-order valence-corrected chi connectivity index (χ0v) is 20.8. The minimum absolute atomic E-state index is 0.00860. The third-order valence-corrected chi connectivity index (χ3v) is 6.19. The number of anilines is 1. The van der Waals surface area contributed by atoms with Gasteiger partial charge < -0.3 is 30.3 Å². The van der Waals surface area contributed by atoms with E-state index in [1.807, 2.05) is 0 Å². The van der Waals surface area contributed by atoms with Gasteiger partial charge in [-0.25, -0.2) is 14.6 Å². The number of carbonyl (C=O) groups excluding carboxylic acids is 3. The molecule has 1 saturated heterocycles. The molecule has 2 heterocycles. The number of ether oxygens (including phenoxy) is 1. The van der Waals surface area contributed by atoms with E-state index in [0.717, 1.165) is 12.8 Å². The van der Waals surface area contributed by atoms with Crippen LogP contribution in [0.1, 0.15) is 31.7 Å². The Labute approximate surface area is 209 Å². The fourth-order valence-electron chi connectivity index (χ4n) is 4.05. The number of rotatable bonds is 5. The minimum Gasteiger partial charge on any atom is -0.453 e. The third-order valence-electron chi connectivity index (χ3n) is 5.95. The van der Waals surface area contributed by atoms with Gasteiger partial charge in [0.25, 0.3) is 0 Å². The molecule has 1 aromatic rings. The monoisotopic (exact) mass is 506 g/mol. The Balaban J connectivity index is 1.68. The number of hydrogen-bond donors (Lipinski definition) is 4. The summed E-state index contributed by atoms with van der Waals surface area (Å²) in [7, 11) is 2.82. The van der Waals surface area contributed by atoms with Crippen molar-refractivity contribution in [2.24, 2.45) is 4.99 Å². The van der Waals surface area contributed by atoms with Gasteiger partial charge in [-0.15, -0.1) is 0 Å². The highest BCUT2D eigenvalue weighted by Crippen LogP contribution is 2.31. The van der Waals surface area contributed by atoms with Gasteiger partial charge in [-0.1, -0.05) is 11.6 Å². The molecule has 1 aromatic carbocycles. The lowest BCUT2D eigenvalue weighted by Crippen LogP contribution is -2.48. The maximum atomic E-state index is 13.0. The highest BCUT2D eigenvalue weighted by atomic mass is 35.5. The number of amides is 4. The lowest BCUT2D eigenvalue weighted by Gasteiger charge is -2.33. The average molecular weight is 507 g/mol. The van der Waals surface area contributed by atoms with Crippen molar-refractivity contribution in [2.45, 2.75) is 38.5 Å². The number of nitrogens with zero attached hydrogens (tertiary/aromatic N) is 3. The van der Waals surface area contributed by atoms with Gasteiger partial charge in [0.05, 0.1) is 18.5 Å². The second-order valence-electron chi connectivity index (χ2n) is 8.29. The molecule has 0 radical (unpaired) electrons. The van der Waals surface area contributed by atoms with Crippen molar-refractivity contribution in [3.05, 3.63) is 34.9 Å². The van der Waals surface area contributed by atoms with Crippen LogP contribution in [0.25, 0.3) is 5.70 Å². The van der Waals surface area contributed by atoms with Gasteiger partial charge in [0, 0.05) is 36.8 Å². The molecule has 2 aliphatic rings. The molecular weight excluding hydrogens is 476 g/mol. The lowest BCUT2D eigenvalue weighted by atomic mass is 10.1. The first-order valence-electron chi connectivity index (χ1n) is 11.3. The molecule has 4 amide bonds.